The number of ether oxygens (including phenoxy) is 1. The second-order valence-corrected chi connectivity index (χ2v) is 5.59. The van der Waals surface area contributed by atoms with Gasteiger partial charge in [0.1, 0.15) is 11.3 Å². The Bertz CT molecular complexity index is 937. The van der Waals surface area contributed by atoms with E-state index >= 15 is 0 Å². The van der Waals surface area contributed by atoms with Crippen molar-refractivity contribution in [1.82, 2.24) is 20.5 Å². The maximum absolute atomic E-state index is 12.3. The number of nitrogens with zero attached hydrogens (tertiary/aromatic N) is 2. The van der Waals surface area contributed by atoms with Gasteiger partial charge in [-0.25, -0.2) is 5.10 Å². The molecule has 26 heavy (non-hydrogen) atoms. The minimum Gasteiger partial charge on any atom is -0.497 e. The number of methoxy groups -OCH3 is 1. The monoisotopic (exact) mass is 350 g/mol. The predicted octanol–water partition coefficient (Wildman–Crippen LogP) is 1.81. The van der Waals surface area contributed by atoms with Crippen LogP contribution in [-0.4, -0.2) is 34.7 Å². The first kappa shape index (κ1) is 17.3. The van der Waals surface area contributed by atoms with E-state index in [-0.39, 0.29) is 5.56 Å². The molecule has 2 N–H and O–H groups in total. The van der Waals surface area contributed by atoms with Gasteiger partial charge in [-0.1, -0.05) is 12.1 Å². The summed E-state index contributed by atoms with van der Waals surface area (Å²) in [5.41, 5.74) is 1.84. The van der Waals surface area contributed by atoms with Crippen LogP contribution in [0, 0.1) is 0 Å². The average molecular weight is 350 g/mol. The number of benzene rings is 1. The van der Waals surface area contributed by atoms with Crippen molar-refractivity contribution >= 4 is 5.91 Å². The van der Waals surface area contributed by atoms with Gasteiger partial charge in [-0.3, -0.25) is 14.6 Å². The molecule has 2 heterocycles. The number of rotatable bonds is 6. The highest BCUT2D eigenvalue weighted by molar-refractivity contribution is 5.94. The molecule has 2 aromatic heterocycles. The molecule has 0 radical (unpaired) electrons. The molecule has 0 aliphatic heterocycles. The molecular formula is C19H18N4O3. The number of carbonyl (C=O) groups excluding carboxylic acids is 1. The highest BCUT2D eigenvalue weighted by Crippen LogP contribution is 2.14. The summed E-state index contributed by atoms with van der Waals surface area (Å²) < 4.78 is 5.11. The maximum Gasteiger partial charge on any atom is 0.277 e. The minimum atomic E-state index is -0.523. The summed E-state index contributed by atoms with van der Waals surface area (Å²) >= 11 is 0. The first-order chi connectivity index (χ1) is 12.7. The SMILES string of the molecule is COc1ccc(CCNC(=O)c2cc(-c3ccncc3)n[nH]c2=O)cc1. The molecule has 3 aromatic rings. The predicted molar refractivity (Wildman–Crippen MR) is 97.1 cm³/mol. The van der Waals surface area contributed by atoms with Crippen LogP contribution in [0.25, 0.3) is 11.3 Å². The topological polar surface area (TPSA) is 97.0 Å². The quantitative estimate of drug-likeness (QED) is 0.707. The largest absolute Gasteiger partial charge is 0.497 e. The lowest BCUT2D eigenvalue weighted by Gasteiger charge is -2.07. The molecule has 7 heteroatoms. The van der Waals surface area contributed by atoms with Gasteiger partial charge >= 0.3 is 0 Å². The summed E-state index contributed by atoms with van der Waals surface area (Å²) in [4.78, 5) is 28.2. The minimum absolute atomic E-state index is 0.0292. The zero-order valence-electron chi connectivity index (χ0n) is 14.2. The Labute approximate surface area is 150 Å². The molecule has 0 aliphatic rings. The van der Waals surface area contributed by atoms with Crippen LogP contribution in [0.2, 0.25) is 0 Å². The number of hydrogen-bond acceptors (Lipinski definition) is 5. The molecule has 0 bridgehead atoms. The lowest BCUT2D eigenvalue weighted by molar-refractivity contribution is 0.0952. The van der Waals surface area contributed by atoms with Crippen LogP contribution in [0.5, 0.6) is 5.75 Å². The van der Waals surface area contributed by atoms with E-state index in [2.05, 4.69) is 20.5 Å². The standard InChI is InChI=1S/C19H18N4O3/c1-26-15-4-2-13(3-5-15)6-11-21-18(24)16-12-17(22-23-19(16)25)14-7-9-20-10-8-14/h2-5,7-10,12H,6,11H2,1H3,(H,21,24)(H,23,25). The fourth-order valence-corrected chi connectivity index (χ4v) is 2.45. The van der Waals surface area contributed by atoms with Crippen LogP contribution >= 0.6 is 0 Å². The van der Waals surface area contributed by atoms with Crippen molar-refractivity contribution in [2.75, 3.05) is 13.7 Å². The molecule has 0 fully saturated rings. The van der Waals surface area contributed by atoms with Gasteiger partial charge in [0.05, 0.1) is 12.8 Å². The van der Waals surface area contributed by atoms with Gasteiger partial charge in [0.15, 0.2) is 0 Å². The van der Waals surface area contributed by atoms with Crippen molar-refractivity contribution in [2.45, 2.75) is 6.42 Å². The van der Waals surface area contributed by atoms with Crippen LogP contribution in [0.1, 0.15) is 15.9 Å². The zero-order chi connectivity index (χ0) is 18.4. The summed E-state index contributed by atoms with van der Waals surface area (Å²) in [6.07, 6.45) is 3.89. The van der Waals surface area contributed by atoms with E-state index < -0.39 is 11.5 Å². The van der Waals surface area contributed by atoms with E-state index in [0.29, 0.717) is 18.7 Å². The second-order valence-electron chi connectivity index (χ2n) is 5.59. The van der Waals surface area contributed by atoms with Crippen molar-refractivity contribution in [1.29, 1.82) is 0 Å². The Kier molecular flexibility index (Phi) is 5.38. The van der Waals surface area contributed by atoms with Crippen molar-refractivity contribution in [2.24, 2.45) is 0 Å². The summed E-state index contributed by atoms with van der Waals surface area (Å²) in [6.45, 7) is 0.414. The van der Waals surface area contributed by atoms with Crippen molar-refractivity contribution < 1.29 is 9.53 Å². The number of aromatic nitrogens is 3. The molecule has 0 atom stereocenters. The molecule has 0 saturated heterocycles. The first-order valence-corrected chi connectivity index (χ1v) is 8.08. The Morgan fingerprint density at radius 2 is 1.88 bits per heavy atom. The third-order valence-corrected chi connectivity index (χ3v) is 3.88. The zero-order valence-corrected chi connectivity index (χ0v) is 14.2. The van der Waals surface area contributed by atoms with Crippen LogP contribution in [-0.2, 0) is 6.42 Å². The van der Waals surface area contributed by atoms with Crippen LogP contribution in [0.4, 0.5) is 0 Å². The number of H-pyrrole nitrogens is 1. The third-order valence-electron chi connectivity index (χ3n) is 3.88. The smallest absolute Gasteiger partial charge is 0.277 e. The van der Waals surface area contributed by atoms with E-state index in [1.54, 1.807) is 31.6 Å². The Morgan fingerprint density at radius 1 is 1.15 bits per heavy atom. The van der Waals surface area contributed by atoms with Crippen LogP contribution in [0.15, 0.2) is 59.7 Å². The fraction of sp³-hybridized carbons (Fsp3) is 0.158. The second kappa shape index (κ2) is 8.06. The van der Waals surface area contributed by atoms with Gasteiger partial charge in [0.2, 0.25) is 0 Å². The molecule has 0 spiro atoms. The van der Waals surface area contributed by atoms with Gasteiger partial charge in [-0.05, 0) is 42.3 Å². The molecule has 0 unspecified atom stereocenters. The molecule has 0 saturated carbocycles. The van der Waals surface area contributed by atoms with E-state index in [0.717, 1.165) is 16.9 Å². The fourth-order valence-electron chi connectivity index (χ4n) is 2.45. The molecule has 0 aliphatic carbocycles. The van der Waals surface area contributed by atoms with E-state index in [1.807, 2.05) is 24.3 Å². The van der Waals surface area contributed by atoms with Crippen molar-refractivity contribution in [3.63, 3.8) is 0 Å². The van der Waals surface area contributed by atoms with Gasteiger partial charge in [-0.15, -0.1) is 0 Å². The molecule has 132 valence electrons. The number of carbonyl (C=O) groups is 1. The van der Waals surface area contributed by atoms with E-state index in [1.165, 1.54) is 6.07 Å². The average Bonchev–Trinajstić information content (AvgIpc) is 2.69. The highest BCUT2D eigenvalue weighted by atomic mass is 16.5. The third kappa shape index (κ3) is 4.13. The van der Waals surface area contributed by atoms with Gasteiger partial charge in [-0.2, -0.15) is 5.10 Å². The number of aromatic amines is 1. The van der Waals surface area contributed by atoms with Gasteiger partial charge in [0, 0.05) is 24.5 Å². The molecule has 3 rings (SSSR count). The van der Waals surface area contributed by atoms with E-state index in [9.17, 15) is 9.59 Å². The van der Waals surface area contributed by atoms with Crippen LogP contribution < -0.4 is 15.6 Å². The highest BCUT2D eigenvalue weighted by Gasteiger charge is 2.12. The Hall–Kier alpha value is -3.48. The molecule has 1 aromatic carbocycles. The summed E-state index contributed by atoms with van der Waals surface area (Å²) in [5.74, 6) is 0.349. The van der Waals surface area contributed by atoms with Gasteiger partial charge in [0.25, 0.3) is 11.5 Å². The molecule has 1 amide bonds. The van der Waals surface area contributed by atoms with Crippen LogP contribution in [0.3, 0.4) is 0 Å². The summed E-state index contributed by atoms with van der Waals surface area (Å²) in [7, 11) is 1.61. The molecular weight excluding hydrogens is 332 g/mol. The first-order valence-electron chi connectivity index (χ1n) is 8.08. The number of hydrogen-bond donors (Lipinski definition) is 2. The van der Waals surface area contributed by atoms with Crippen molar-refractivity contribution in [3.05, 3.63) is 76.3 Å². The Balaban J connectivity index is 1.66. The normalized spacial score (nSPS) is 10.3. The van der Waals surface area contributed by atoms with Gasteiger partial charge < -0.3 is 10.1 Å². The number of nitrogens with one attached hydrogen (secondary N) is 2. The number of amides is 1. The summed E-state index contributed by atoms with van der Waals surface area (Å²) in [5, 5.41) is 9.11. The maximum atomic E-state index is 12.3. The van der Waals surface area contributed by atoms with E-state index in [4.69, 9.17) is 4.74 Å². The Morgan fingerprint density at radius 3 is 2.58 bits per heavy atom. The summed E-state index contributed by atoms with van der Waals surface area (Å²) in [6, 6.07) is 12.6. The molecule has 7 nitrogen and oxygen atoms in total. The lowest BCUT2D eigenvalue weighted by Crippen LogP contribution is -2.31. The van der Waals surface area contributed by atoms with Crippen molar-refractivity contribution in [3.8, 4) is 17.0 Å². The number of pyridine rings is 1. The lowest BCUT2D eigenvalue weighted by atomic mass is 10.1.